The predicted octanol–water partition coefficient (Wildman–Crippen LogP) is 3.36. The second kappa shape index (κ2) is 10.4. The van der Waals surface area contributed by atoms with Gasteiger partial charge in [-0.3, -0.25) is 20.1 Å². The molecule has 1 saturated carbocycles. The molecule has 2 aliphatic rings. The highest BCUT2D eigenvalue weighted by Gasteiger charge is 2.26. The highest BCUT2D eigenvalue weighted by molar-refractivity contribution is 6.32. The summed E-state index contributed by atoms with van der Waals surface area (Å²) in [6.45, 7) is 5.27. The number of halogens is 1. The highest BCUT2D eigenvalue weighted by Crippen LogP contribution is 2.28. The van der Waals surface area contributed by atoms with Crippen molar-refractivity contribution in [3.05, 3.63) is 52.9 Å². The van der Waals surface area contributed by atoms with Crippen molar-refractivity contribution in [3.8, 4) is 0 Å². The zero-order valence-electron chi connectivity index (χ0n) is 18.1. The number of hydrazine groups is 1. The molecule has 1 N–H and O–H groups in total. The fourth-order valence-corrected chi connectivity index (χ4v) is 4.54. The van der Waals surface area contributed by atoms with Gasteiger partial charge in [-0.25, -0.2) is 9.97 Å². The van der Waals surface area contributed by atoms with Crippen LogP contribution in [0.1, 0.15) is 48.0 Å². The van der Waals surface area contributed by atoms with Crippen molar-refractivity contribution < 1.29 is 4.79 Å². The standard InChI is InChI=1S/C23H31ClN6O/c1-28-11-13-29(14-12-28)16-18-7-9-19(10-8-18)23(31)27-30(20-5-3-2-4-6-20)22-21(24)15-25-17-26-22/h7-10,15,17,20H,2-6,11-14,16H2,1H3,(H,27,31). The first-order chi connectivity index (χ1) is 15.1. The summed E-state index contributed by atoms with van der Waals surface area (Å²) in [5.74, 6) is 0.412. The summed E-state index contributed by atoms with van der Waals surface area (Å²) in [7, 11) is 2.16. The summed E-state index contributed by atoms with van der Waals surface area (Å²) in [4.78, 5) is 26.2. The number of rotatable bonds is 6. The molecule has 2 aromatic rings. The van der Waals surface area contributed by atoms with E-state index in [1.165, 1.54) is 18.3 Å². The van der Waals surface area contributed by atoms with Crippen molar-refractivity contribution in [3.63, 3.8) is 0 Å². The van der Waals surface area contributed by atoms with Gasteiger partial charge in [-0.15, -0.1) is 0 Å². The molecule has 0 unspecified atom stereocenters. The molecule has 1 amide bonds. The van der Waals surface area contributed by atoms with Crippen molar-refractivity contribution in [1.82, 2.24) is 25.2 Å². The fourth-order valence-electron chi connectivity index (χ4n) is 4.34. The first-order valence-corrected chi connectivity index (χ1v) is 11.5. The van der Waals surface area contributed by atoms with E-state index in [1.54, 1.807) is 6.20 Å². The number of aromatic nitrogens is 2. The Morgan fingerprint density at radius 3 is 2.52 bits per heavy atom. The van der Waals surface area contributed by atoms with Crippen LogP contribution >= 0.6 is 11.6 Å². The van der Waals surface area contributed by atoms with Gasteiger partial charge in [0.15, 0.2) is 5.82 Å². The lowest BCUT2D eigenvalue weighted by Crippen LogP contribution is -2.50. The summed E-state index contributed by atoms with van der Waals surface area (Å²) < 4.78 is 0. The van der Waals surface area contributed by atoms with Crippen LogP contribution in [-0.4, -0.2) is 64.9 Å². The SMILES string of the molecule is CN1CCN(Cc2ccc(C(=O)NN(c3ncncc3Cl)C3CCCCC3)cc2)CC1. The lowest BCUT2D eigenvalue weighted by Gasteiger charge is -2.35. The van der Waals surface area contributed by atoms with Crippen LogP contribution in [0.4, 0.5) is 5.82 Å². The van der Waals surface area contributed by atoms with Gasteiger partial charge >= 0.3 is 0 Å². The Balaban J connectivity index is 1.43. The zero-order valence-corrected chi connectivity index (χ0v) is 18.9. The molecule has 0 radical (unpaired) electrons. The normalized spacial score (nSPS) is 18.6. The molecular formula is C23H31ClN6O. The first kappa shape index (κ1) is 22.0. The minimum Gasteiger partial charge on any atom is -0.304 e. The number of piperazine rings is 1. The van der Waals surface area contributed by atoms with E-state index < -0.39 is 0 Å². The molecule has 31 heavy (non-hydrogen) atoms. The molecule has 2 fully saturated rings. The Bertz CT molecular complexity index is 863. The predicted molar refractivity (Wildman–Crippen MR) is 123 cm³/mol. The molecule has 0 spiro atoms. The number of anilines is 1. The Morgan fingerprint density at radius 1 is 1.13 bits per heavy atom. The monoisotopic (exact) mass is 442 g/mol. The Labute approximate surface area is 189 Å². The van der Waals surface area contributed by atoms with E-state index in [4.69, 9.17) is 11.6 Å². The maximum atomic E-state index is 13.1. The summed E-state index contributed by atoms with van der Waals surface area (Å²) in [5, 5.41) is 2.29. The van der Waals surface area contributed by atoms with Crippen LogP contribution in [0, 0.1) is 0 Å². The van der Waals surface area contributed by atoms with Crippen LogP contribution in [0.3, 0.4) is 0 Å². The van der Waals surface area contributed by atoms with Gasteiger partial charge < -0.3 is 4.90 Å². The topological polar surface area (TPSA) is 64.6 Å². The summed E-state index contributed by atoms with van der Waals surface area (Å²) >= 11 is 6.36. The molecule has 0 atom stereocenters. The third kappa shape index (κ3) is 5.73. The number of carbonyl (C=O) groups is 1. The molecule has 166 valence electrons. The first-order valence-electron chi connectivity index (χ1n) is 11.2. The van der Waals surface area contributed by atoms with Crippen molar-refractivity contribution in [2.75, 3.05) is 38.2 Å². The zero-order chi connectivity index (χ0) is 21.6. The van der Waals surface area contributed by atoms with Crippen LogP contribution in [0.25, 0.3) is 0 Å². The van der Waals surface area contributed by atoms with Crippen molar-refractivity contribution >= 4 is 23.3 Å². The quantitative estimate of drug-likeness (QED) is 0.692. The number of carbonyl (C=O) groups excluding carboxylic acids is 1. The van der Waals surface area contributed by atoms with E-state index in [0.29, 0.717) is 16.4 Å². The number of likely N-dealkylation sites (N-methyl/N-ethyl adjacent to an activating group) is 1. The molecule has 7 nitrogen and oxygen atoms in total. The molecule has 1 saturated heterocycles. The number of benzene rings is 1. The van der Waals surface area contributed by atoms with E-state index in [-0.39, 0.29) is 11.9 Å². The number of nitrogens with one attached hydrogen (secondary N) is 1. The van der Waals surface area contributed by atoms with E-state index >= 15 is 0 Å². The smallest absolute Gasteiger partial charge is 0.269 e. The molecule has 1 aromatic carbocycles. The lowest BCUT2D eigenvalue weighted by molar-refractivity contribution is 0.0941. The minimum atomic E-state index is -0.147. The largest absolute Gasteiger partial charge is 0.304 e. The Kier molecular flexibility index (Phi) is 7.37. The number of amides is 1. The average molecular weight is 443 g/mol. The van der Waals surface area contributed by atoms with Crippen LogP contribution < -0.4 is 10.4 Å². The van der Waals surface area contributed by atoms with Crippen molar-refractivity contribution in [2.24, 2.45) is 0 Å². The fraction of sp³-hybridized carbons (Fsp3) is 0.522. The minimum absolute atomic E-state index is 0.147. The number of hydrogen-bond acceptors (Lipinski definition) is 6. The molecule has 0 bridgehead atoms. The Morgan fingerprint density at radius 2 is 1.84 bits per heavy atom. The van der Waals surface area contributed by atoms with Gasteiger partial charge in [-0.2, -0.15) is 0 Å². The van der Waals surface area contributed by atoms with E-state index in [1.807, 2.05) is 17.1 Å². The van der Waals surface area contributed by atoms with Gasteiger partial charge in [0, 0.05) is 38.3 Å². The number of hydrogen-bond donors (Lipinski definition) is 1. The third-order valence-corrected chi connectivity index (χ3v) is 6.52. The van der Waals surface area contributed by atoms with Gasteiger partial charge in [0.1, 0.15) is 11.3 Å². The van der Waals surface area contributed by atoms with Crippen molar-refractivity contribution in [1.29, 1.82) is 0 Å². The Hall–Kier alpha value is -2.22. The summed E-state index contributed by atoms with van der Waals surface area (Å²) in [5.41, 5.74) is 4.93. The van der Waals surface area contributed by atoms with Crippen molar-refractivity contribution in [2.45, 2.75) is 44.7 Å². The van der Waals surface area contributed by atoms with E-state index in [9.17, 15) is 4.79 Å². The molecule has 8 heteroatoms. The molecule has 1 aliphatic heterocycles. The lowest BCUT2D eigenvalue weighted by atomic mass is 9.95. The maximum Gasteiger partial charge on any atom is 0.269 e. The highest BCUT2D eigenvalue weighted by atomic mass is 35.5. The van der Waals surface area contributed by atoms with E-state index in [2.05, 4.69) is 44.4 Å². The molecule has 2 heterocycles. The second-order valence-electron chi connectivity index (χ2n) is 8.57. The van der Waals surface area contributed by atoms with Crippen LogP contribution in [-0.2, 0) is 6.54 Å². The van der Waals surface area contributed by atoms with Crippen LogP contribution in [0.2, 0.25) is 5.02 Å². The third-order valence-electron chi connectivity index (χ3n) is 6.26. The number of nitrogens with zero attached hydrogens (tertiary/aromatic N) is 5. The molecular weight excluding hydrogens is 412 g/mol. The van der Waals surface area contributed by atoms with Crippen LogP contribution in [0.5, 0.6) is 0 Å². The molecule has 1 aromatic heterocycles. The van der Waals surface area contributed by atoms with Crippen LogP contribution in [0.15, 0.2) is 36.8 Å². The maximum absolute atomic E-state index is 13.1. The average Bonchev–Trinajstić information content (AvgIpc) is 2.80. The second-order valence-corrected chi connectivity index (χ2v) is 8.98. The van der Waals surface area contributed by atoms with Gasteiger partial charge in [-0.1, -0.05) is 43.0 Å². The summed E-state index contributed by atoms with van der Waals surface area (Å²) in [6, 6.07) is 8.09. The molecule has 4 rings (SSSR count). The van der Waals surface area contributed by atoms with Gasteiger partial charge in [0.05, 0.1) is 12.2 Å². The molecule has 1 aliphatic carbocycles. The van der Waals surface area contributed by atoms with E-state index in [0.717, 1.165) is 58.4 Å². The van der Waals surface area contributed by atoms with Gasteiger partial charge in [0.2, 0.25) is 0 Å². The summed E-state index contributed by atoms with van der Waals surface area (Å²) in [6.07, 6.45) is 8.55. The van der Waals surface area contributed by atoms with Gasteiger partial charge in [0.25, 0.3) is 5.91 Å². The van der Waals surface area contributed by atoms with Gasteiger partial charge in [-0.05, 0) is 37.6 Å².